The van der Waals surface area contributed by atoms with Crippen molar-refractivity contribution in [3.8, 4) is 34.2 Å². The lowest BCUT2D eigenvalue weighted by Gasteiger charge is -2.15. The van der Waals surface area contributed by atoms with Gasteiger partial charge in [0, 0.05) is 29.7 Å². The number of aromatic amines is 1. The number of fused-ring (bicyclic) bond motifs is 2. The molecule has 5 aromatic rings. The maximum atomic E-state index is 9.94. The molecular weight excluding hydrogens is 496 g/mol. The number of hydrogen-bond donors (Lipinski definition) is 2. The predicted molar refractivity (Wildman–Crippen MR) is 135 cm³/mol. The molecule has 10 nitrogen and oxygen atoms in total. The first-order valence-electron chi connectivity index (χ1n) is 11.8. The van der Waals surface area contributed by atoms with E-state index in [4.69, 9.17) is 25.8 Å². The van der Waals surface area contributed by atoms with Gasteiger partial charge in [0.05, 0.1) is 29.4 Å². The van der Waals surface area contributed by atoms with Crippen LogP contribution in [0.2, 0.25) is 5.02 Å². The standard InChI is InChI=1S/C26H21ClN6O4/c27-17-10-18-25(32-26(30-18)37-20-13-36-23-19(34)12-35-24(20)23)31-22(17)15-4-2-14(3-5-15)16-6-7-21(28-11-16)33-9-1-8-29-33/h1-11,19-20,23-24,34H,12-13H2,(H,30,31,32)/t19-,20-,23-,24?/m1/s1. The Morgan fingerprint density at radius 1 is 1.00 bits per heavy atom. The van der Waals surface area contributed by atoms with Gasteiger partial charge in [-0.25, -0.2) is 14.6 Å². The van der Waals surface area contributed by atoms with Gasteiger partial charge < -0.3 is 24.3 Å². The first-order chi connectivity index (χ1) is 18.1. The summed E-state index contributed by atoms with van der Waals surface area (Å²) in [5, 5.41) is 14.6. The van der Waals surface area contributed by atoms with E-state index in [1.165, 1.54) is 0 Å². The fourth-order valence-corrected chi connectivity index (χ4v) is 5.02. The molecule has 0 saturated carbocycles. The molecule has 4 aromatic heterocycles. The van der Waals surface area contributed by atoms with Crippen molar-refractivity contribution in [1.82, 2.24) is 29.7 Å². The van der Waals surface area contributed by atoms with Gasteiger partial charge in [0.15, 0.2) is 17.6 Å². The molecule has 0 bridgehead atoms. The van der Waals surface area contributed by atoms with Crippen LogP contribution in [0.3, 0.4) is 0 Å². The van der Waals surface area contributed by atoms with Crippen LogP contribution in [-0.4, -0.2) is 72.5 Å². The normalized spacial score (nSPS) is 23.0. The molecule has 0 amide bonds. The smallest absolute Gasteiger partial charge is 0.296 e. The van der Waals surface area contributed by atoms with Crippen LogP contribution in [0.25, 0.3) is 39.4 Å². The zero-order valence-electron chi connectivity index (χ0n) is 19.4. The molecule has 2 aliphatic heterocycles. The van der Waals surface area contributed by atoms with Crippen molar-refractivity contribution < 1.29 is 19.3 Å². The second-order valence-electron chi connectivity index (χ2n) is 8.98. The Kier molecular flexibility index (Phi) is 5.40. The summed E-state index contributed by atoms with van der Waals surface area (Å²) in [7, 11) is 0. The second-order valence-corrected chi connectivity index (χ2v) is 9.39. The van der Waals surface area contributed by atoms with Gasteiger partial charge in [-0.1, -0.05) is 35.9 Å². The minimum absolute atomic E-state index is 0.238. The topological polar surface area (TPSA) is 120 Å². The molecule has 1 unspecified atom stereocenters. The van der Waals surface area contributed by atoms with E-state index >= 15 is 0 Å². The van der Waals surface area contributed by atoms with E-state index in [-0.39, 0.29) is 24.9 Å². The minimum atomic E-state index is -0.638. The van der Waals surface area contributed by atoms with Crippen LogP contribution in [0, 0.1) is 0 Å². The Bertz CT molecular complexity index is 1560. The van der Waals surface area contributed by atoms with Gasteiger partial charge >= 0.3 is 0 Å². The third-order valence-corrected chi connectivity index (χ3v) is 6.92. The molecule has 186 valence electrons. The lowest BCUT2D eigenvalue weighted by Crippen LogP contribution is -2.34. The van der Waals surface area contributed by atoms with Crippen molar-refractivity contribution in [2.45, 2.75) is 24.4 Å². The van der Waals surface area contributed by atoms with E-state index in [0.717, 1.165) is 22.5 Å². The summed E-state index contributed by atoms with van der Waals surface area (Å²) < 4.78 is 18.9. The number of nitrogens with zero attached hydrogens (tertiary/aromatic N) is 5. The molecule has 2 saturated heterocycles. The number of hydrogen-bond acceptors (Lipinski definition) is 8. The van der Waals surface area contributed by atoms with Gasteiger partial charge in [0.25, 0.3) is 6.01 Å². The van der Waals surface area contributed by atoms with Gasteiger partial charge in [0.2, 0.25) is 0 Å². The first-order valence-corrected chi connectivity index (χ1v) is 12.2. The zero-order chi connectivity index (χ0) is 24.9. The Hall–Kier alpha value is -3.83. The van der Waals surface area contributed by atoms with Crippen molar-refractivity contribution in [2.75, 3.05) is 13.2 Å². The number of aliphatic hydroxyl groups is 1. The molecule has 0 radical (unpaired) electrons. The van der Waals surface area contributed by atoms with E-state index in [1.807, 2.05) is 54.9 Å². The average molecular weight is 517 g/mol. The molecule has 0 spiro atoms. The van der Waals surface area contributed by atoms with Crippen LogP contribution >= 0.6 is 11.6 Å². The number of aliphatic hydroxyl groups excluding tert-OH is 1. The summed E-state index contributed by atoms with van der Waals surface area (Å²) in [5.41, 5.74) is 4.64. The van der Waals surface area contributed by atoms with Crippen LogP contribution in [0.5, 0.6) is 6.01 Å². The van der Waals surface area contributed by atoms with Crippen molar-refractivity contribution >= 4 is 22.8 Å². The molecule has 11 heteroatoms. The largest absolute Gasteiger partial charge is 0.456 e. The lowest BCUT2D eigenvalue weighted by atomic mass is 10.0. The highest BCUT2D eigenvalue weighted by Gasteiger charge is 2.48. The highest BCUT2D eigenvalue weighted by atomic mass is 35.5. The number of nitrogens with one attached hydrogen (secondary N) is 1. The molecule has 4 atom stereocenters. The van der Waals surface area contributed by atoms with Crippen LogP contribution < -0.4 is 4.74 Å². The Balaban J connectivity index is 1.11. The number of halogens is 1. The number of aromatic nitrogens is 6. The SMILES string of the molecule is O[C@@H]1COC2[C@H](Oc3nc4nc(-c5ccc(-c6ccc(-n7cccn7)nc6)cc5)c(Cl)cc4[nH]3)CO[C@@H]21. The van der Waals surface area contributed by atoms with Gasteiger partial charge in [-0.2, -0.15) is 10.1 Å². The van der Waals surface area contributed by atoms with E-state index in [2.05, 4.69) is 25.0 Å². The third kappa shape index (κ3) is 4.04. The number of benzene rings is 1. The minimum Gasteiger partial charge on any atom is -0.456 e. The van der Waals surface area contributed by atoms with E-state index in [1.54, 1.807) is 16.9 Å². The molecule has 1 aromatic carbocycles. The van der Waals surface area contributed by atoms with Crippen LogP contribution in [0.1, 0.15) is 0 Å². The molecule has 37 heavy (non-hydrogen) atoms. The summed E-state index contributed by atoms with van der Waals surface area (Å²) in [4.78, 5) is 16.8. The quantitative estimate of drug-likeness (QED) is 0.364. The Labute approximate surface area is 215 Å². The molecular formula is C26H21ClN6O4. The molecule has 6 heterocycles. The van der Waals surface area contributed by atoms with E-state index in [0.29, 0.717) is 34.5 Å². The van der Waals surface area contributed by atoms with Gasteiger partial charge in [-0.15, -0.1) is 0 Å². The maximum Gasteiger partial charge on any atom is 0.296 e. The second kappa shape index (κ2) is 8.93. The monoisotopic (exact) mass is 516 g/mol. The molecule has 2 N–H and O–H groups in total. The highest BCUT2D eigenvalue weighted by molar-refractivity contribution is 6.33. The zero-order valence-corrected chi connectivity index (χ0v) is 20.1. The van der Waals surface area contributed by atoms with Gasteiger partial charge in [-0.3, -0.25) is 0 Å². The van der Waals surface area contributed by atoms with Crippen molar-refractivity contribution in [3.05, 3.63) is 72.1 Å². The van der Waals surface area contributed by atoms with Crippen LogP contribution in [0.4, 0.5) is 0 Å². The summed E-state index contributed by atoms with van der Waals surface area (Å²) in [6.45, 7) is 0.554. The van der Waals surface area contributed by atoms with Crippen molar-refractivity contribution in [2.24, 2.45) is 0 Å². The average Bonchev–Trinajstić information content (AvgIpc) is 3.71. The van der Waals surface area contributed by atoms with Crippen LogP contribution in [-0.2, 0) is 9.47 Å². The molecule has 7 rings (SSSR count). The Morgan fingerprint density at radius 3 is 2.59 bits per heavy atom. The number of rotatable bonds is 5. The molecule has 0 aliphatic carbocycles. The summed E-state index contributed by atoms with van der Waals surface area (Å²) in [6.07, 6.45) is 3.69. The summed E-state index contributed by atoms with van der Waals surface area (Å²) >= 11 is 6.59. The van der Waals surface area contributed by atoms with Gasteiger partial charge in [-0.05, 0) is 29.8 Å². The number of imidazole rings is 1. The first kappa shape index (κ1) is 22.4. The number of ether oxygens (including phenoxy) is 3. The number of pyridine rings is 2. The van der Waals surface area contributed by atoms with Crippen molar-refractivity contribution in [3.63, 3.8) is 0 Å². The van der Waals surface area contributed by atoms with Gasteiger partial charge in [0.1, 0.15) is 18.3 Å². The van der Waals surface area contributed by atoms with Crippen molar-refractivity contribution in [1.29, 1.82) is 0 Å². The fraction of sp³-hybridized carbons (Fsp3) is 0.231. The molecule has 2 aliphatic rings. The van der Waals surface area contributed by atoms with Crippen LogP contribution in [0.15, 0.2) is 67.1 Å². The Morgan fingerprint density at radius 2 is 1.81 bits per heavy atom. The van der Waals surface area contributed by atoms with E-state index in [9.17, 15) is 5.11 Å². The molecule has 2 fully saturated rings. The maximum absolute atomic E-state index is 9.94. The van der Waals surface area contributed by atoms with E-state index < -0.39 is 6.10 Å². The number of H-pyrrole nitrogens is 1. The lowest BCUT2D eigenvalue weighted by molar-refractivity contribution is 0.00706. The summed E-state index contributed by atoms with van der Waals surface area (Å²) in [5.74, 6) is 0.755. The summed E-state index contributed by atoms with van der Waals surface area (Å²) in [6, 6.07) is 15.8. The highest BCUT2D eigenvalue weighted by Crippen LogP contribution is 2.33. The third-order valence-electron chi connectivity index (χ3n) is 6.63. The predicted octanol–water partition coefficient (Wildman–Crippen LogP) is 3.43. The fourth-order valence-electron chi connectivity index (χ4n) is 4.76.